The fourth-order valence-corrected chi connectivity index (χ4v) is 3.84. The van der Waals surface area contributed by atoms with E-state index in [-0.39, 0.29) is 13.2 Å². The third-order valence-corrected chi connectivity index (χ3v) is 5.39. The first-order chi connectivity index (χ1) is 15.0. The van der Waals surface area contributed by atoms with E-state index in [1.54, 1.807) is 48.1 Å². The molecule has 0 aliphatic heterocycles. The van der Waals surface area contributed by atoms with E-state index in [2.05, 4.69) is 4.99 Å². The lowest BCUT2D eigenvalue weighted by molar-refractivity contribution is -0.141. The minimum absolute atomic E-state index is 0.114. The van der Waals surface area contributed by atoms with E-state index in [0.29, 0.717) is 33.3 Å². The van der Waals surface area contributed by atoms with Crippen LogP contribution in [0.15, 0.2) is 41.4 Å². The predicted octanol–water partition coefficient (Wildman–Crippen LogP) is 2.41. The zero-order valence-electron chi connectivity index (χ0n) is 17.5. The Bertz CT molecular complexity index is 1150. The number of methoxy groups -OCH3 is 4. The van der Waals surface area contributed by atoms with E-state index >= 15 is 0 Å². The third kappa shape index (κ3) is 5.15. The summed E-state index contributed by atoms with van der Waals surface area (Å²) in [6.07, 6.45) is 0. The highest BCUT2D eigenvalue weighted by Gasteiger charge is 2.16. The highest BCUT2D eigenvalue weighted by Crippen LogP contribution is 2.33. The topological polar surface area (TPSA) is 97.6 Å². The number of hydrogen-bond donors (Lipinski definition) is 0. The van der Waals surface area contributed by atoms with Crippen LogP contribution in [0.2, 0.25) is 0 Å². The normalized spacial score (nSPS) is 11.3. The molecule has 0 saturated heterocycles. The van der Waals surface area contributed by atoms with E-state index in [0.717, 1.165) is 4.70 Å². The van der Waals surface area contributed by atoms with E-state index < -0.39 is 11.9 Å². The Morgan fingerprint density at radius 1 is 0.935 bits per heavy atom. The zero-order chi connectivity index (χ0) is 22.4. The molecule has 0 unspecified atom stereocenters. The first kappa shape index (κ1) is 22.2. The van der Waals surface area contributed by atoms with Gasteiger partial charge in [-0.25, -0.2) is 0 Å². The number of amides is 1. The fraction of sp³-hybridized carbons (Fsp3) is 0.286. The van der Waals surface area contributed by atoms with Gasteiger partial charge in [0.25, 0.3) is 5.91 Å². The van der Waals surface area contributed by atoms with Crippen molar-refractivity contribution in [3.63, 3.8) is 0 Å². The monoisotopic (exact) mass is 446 g/mol. The van der Waals surface area contributed by atoms with Crippen molar-refractivity contribution in [3.8, 4) is 23.0 Å². The smallest absolute Gasteiger partial charge is 0.325 e. The van der Waals surface area contributed by atoms with Gasteiger partial charge < -0.3 is 28.3 Å². The molecule has 1 heterocycles. The largest absolute Gasteiger partial charge is 0.497 e. The number of benzene rings is 2. The van der Waals surface area contributed by atoms with Crippen molar-refractivity contribution in [2.75, 3.05) is 35.0 Å². The lowest BCUT2D eigenvalue weighted by Gasteiger charge is -2.09. The number of carbonyl (C=O) groups is 2. The molecule has 1 aromatic heterocycles. The highest BCUT2D eigenvalue weighted by molar-refractivity contribution is 7.16. The standard InChI is InChI=1S/C21H22N2O7S/c1-26-13-5-7-14(8-6-13)30-12-19(24)22-21-23(11-20(25)29-4)15-9-16(27-2)17(28-3)10-18(15)31-21/h5-10H,11-12H2,1-4H3. The maximum absolute atomic E-state index is 12.5. The summed E-state index contributed by atoms with van der Waals surface area (Å²) in [5, 5.41) is 0. The van der Waals surface area contributed by atoms with Crippen LogP contribution < -0.4 is 23.7 Å². The first-order valence-electron chi connectivity index (χ1n) is 9.15. The summed E-state index contributed by atoms with van der Waals surface area (Å²) in [5.74, 6) is 1.24. The Morgan fingerprint density at radius 2 is 1.58 bits per heavy atom. The number of thiazole rings is 1. The molecule has 0 N–H and O–H groups in total. The maximum Gasteiger partial charge on any atom is 0.325 e. The fourth-order valence-electron chi connectivity index (χ4n) is 2.78. The number of carbonyl (C=O) groups excluding carboxylic acids is 2. The van der Waals surface area contributed by atoms with Gasteiger partial charge in [0.15, 0.2) is 22.9 Å². The van der Waals surface area contributed by atoms with Gasteiger partial charge in [-0.05, 0) is 24.3 Å². The van der Waals surface area contributed by atoms with Crippen molar-refractivity contribution >= 4 is 33.4 Å². The average Bonchev–Trinajstić information content (AvgIpc) is 3.12. The molecule has 164 valence electrons. The maximum atomic E-state index is 12.5. The van der Waals surface area contributed by atoms with Crippen LogP contribution >= 0.6 is 11.3 Å². The number of nitrogens with zero attached hydrogens (tertiary/aromatic N) is 2. The van der Waals surface area contributed by atoms with Crippen molar-refractivity contribution in [1.82, 2.24) is 4.57 Å². The van der Waals surface area contributed by atoms with E-state index in [9.17, 15) is 9.59 Å². The number of hydrogen-bond acceptors (Lipinski definition) is 8. The predicted molar refractivity (Wildman–Crippen MR) is 114 cm³/mol. The molecule has 0 fully saturated rings. The molecule has 0 saturated carbocycles. The molecule has 9 nitrogen and oxygen atoms in total. The van der Waals surface area contributed by atoms with Crippen molar-refractivity contribution in [1.29, 1.82) is 0 Å². The van der Waals surface area contributed by atoms with Gasteiger partial charge in [-0.2, -0.15) is 4.99 Å². The van der Waals surface area contributed by atoms with Crippen molar-refractivity contribution < 1.29 is 33.3 Å². The van der Waals surface area contributed by atoms with Gasteiger partial charge in [0, 0.05) is 12.1 Å². The molecule has 31 heavy (non-hydrogen) atoms. The summed E-state index contributed by atoms with van der Waals surface area (Å²) in [7, 11) is 5.92. The number of esters is 1. The van der Waals surface area contributed by atoms with Gasteiger partial charge in [-0.15, -0.1) is 0 Å². The van der Waals surface area contributed by atoms with Crippen LogP contribution in [0.25, 0.3) is 10.2 Å². The van der Waals surface area contributed by atoms with Crippen LogP contribution in [0, 0.1) is 0 Å². The molecule has 1 amide bonds. The molecule has 0 spiro atoms. The number of rotatable bonds is 8. The summed E-state index contributed by atoms with van der Waals surface area (Å²) < 4.78 is 28.4. The lowest BCUT2D eigenvalue weighted by Crippen LogP contribution is -2.23. The van der Waals surface area contributed by atoms with Crippen LogP contribution in [-0.2, 0) is 20.9 Å². The van der Waals surface area contributed by atoms with Gasteiger partial charge in [0.1, 0.15) is 18.0 Å². The second kappa shape index (κ2) is 9.98. The number of fused-ring (bicyclic) bond motifs is 1. The van der Waals surface area contributed by atoms with E-state index in [1.165, 1.54) is 32.7 Å². The molecule has 0 atom stereocenters. The van der Waals surface area contributed by atoms with Crippen molar-refractivity contribution in [3.05, 3.63) is 41.2 Å². The second-order valence-electron chi connectivity index (χ2n) is 6.19. The van der Waals surface area contributed by atoms with Crippen LogP contribution in [0.1, 0.15) is 0 Å². The molecule has 0 aliphatic rings. The van der Waals surface area contributed by atoms with E-state index in [4.69, 9.17) is 23.7 Å². The Hall–Kier alpha value is -3.53. The number of ether oxygens (including phenoxy) is 5. The van der Waals surface area contributed by atoms with Crippen LogP contribution in [-0.4, -0.2) is 51.5 Å². The van der Waals surface area contributed by atoms with Crippen molar-refractivity contribution in [2.24, 2.45) is 4.99 Å². The molecule has 2 aromatic carbocycles. The van der Waals surface area contributed by atoms with Gasteiger partial charge in [0.05, 0.1) is 38.7 Å². The SMILES string of the molecule is COC(=O)Cn1c(=NC(=O)COc2ccc(OC)cc2)sc2cc(OC)c(OC)cc21. The minimum Gasteiger partial charge on any atom is -0.497 e. The Kier molecular flexibility index (Phi) is 7.14. The molecule has 0 aliphatic carbocycles. The molecular formula is C21H22N2O7S. The third-order valence-electron chi connectivity index (χ3n) is 4.35. The van der Waals surface area contributed by atoms with E-state index in [1.807, 2.05) is 0 Å². The summed E-state index contributed by atoms with van der Waals surface area (Å²) in [5.41, 5.74) is 0.663. The Labute approximate surface area is 182 Å². The molecule has 0 radical (unpaired) electrons. The summed E-state index contributed by atoms with van der Waals surface area (Å²) >= 11 is 1.24. The summed E-state index contributed by atoms with van der Waals surface area (Å²) in [6.45, 7) is -0.372. The van der Waals surface area contributed by atoms with Crippen LogP contribution in [0.4, 0.5) is 0 Å². The quantitative estimate of drug-likeness (QED) is 0.490. The number of aromatic nitrogens is 1. The molecule has 3 rings (SSSR count). The second-order valence-corrected chi connectivity index (χ2v) is 7.20. The molecule has 3 aromatic rings. The molecule has 10 heteroatoms. The zero-order valence-corrected chi connectivity index (χ0v) is 18.4. The van der Waals surface area contributed by atoms with Gasteiger partial charge in [-0.1, -0.05) is 11.3 Å². The Morgan fingerprint density at radius 3 is 2.19 bits per heavy atom. The summed E-state index contributed by atoms with van der Waals surface area (Å²) in [6, 6.07) is 10.3. The Balaban J connectivity index is 1.93. The molecular weight excluding hydrogens is 424 g/mol. The van der Waals surface area contributed by atoms with Crippen LogP contribution in [0.3, 0.4) is 0 Å². The van der Waals surface area contributed by atoms with Gasteiger partial charge in [0.2, 0.25) is 0 Å². The molecule has 0 bridgehead atoms. The lowest BCUT2D eigenvalue weighted by atomic mass is 10.3. The van der Waals surface area contributed by atoms with Crippen molar-refractivity contribution in [2.45, 2.75) is 6.54 Å². The van der Waals surface area contributed by atoms with Gasteiger partial charge >= 0.3 is 5.97 Å². The minimum atomic E-state index is -0.500. The van der Waals surface area contributed by atoms with Gasteiger partial charge in [-0.3, -0.25) is 9.59 Å². The first-order valence-corrected chi connectivity index (χ1v) is 9.97. The highest BCUT2D eigenvalue weighted by atomic mass is 32.1. The summed E-state index contributed by atoms with van der Waals surface area (Å²) in [4.78, 5) is 28.9. The average molecular weight is 446 g/mol. The van der Waals surface area contributed by atoms with Crippen LogP contribution in [0.5, 0.6) is 23.0 Å².